The van der Waals surface area contributed by atoms with Gasteiger partial charge in [-0.25, -0.2) is 4.99 Å². The maximum atomic E-state index is 6.14. The average Bonchev–Trinajstić information content (AvgIpc) is 2.58. The second kappa shape index (κ2) is 7.43. The van der Waals surface area contributed by atoms with Crippen molar-refractivity contribution in [3.05, 3.63) is 29.8 Å². The summed E-state index contributed by atoms with van der Waals surface area (Å²) < 4.78 is 12.2. The minimum Gasteiger partial charge on any atom is -0.488 e. The molecule has 24 heavy (non-hydrogen) atoms. The molecule has 0 aromatic heterocycles. The zero-order valence-corrected chi connectivity index (χ0v) is 14.8. The summed E-state index contributed by atoms with van der Waals surface area (Å²) in [4.78, 5) is 6.52. The van der Waals surface area contributed by atoms with Crippen LogP contribution in [0.3, 0.4) is 0 Å². The van der Waals surface area contributed by atoms with Gasteiger partial charge >= 0.3 is 0 Å². The largest absolute Gasteiger partial charge is 0.488 e. The van der Waals surface area contributed by atoms with Crippen molar-refractivity contribution in [3.63, 3.8) is 0 Å². The third-order valence-electron chi connectivity index (χ3n) is 5.02. The van der Waals surface area contributed by atoms with Crippen molar-refractivity contribution in [2.75, 3.05) is 20.4 Å². The van der Waals surface area contributed by atoms with Crippen molar-refractivity contribution in [1.82, 2.24) is 4.90 Å². The highest BCUT2D eigenvalue weighted by Gasteiger charge is 2.39. The molecule has 0 saturated heterocycles. The van der Waals surface area contributed by atoms with Crippen LogP contribution in [0.4, 0.5) is 0 Å². The lowest BCUT2D eigenvalue weighted by Gasteiger charge is -2.39. The second-order valence-corrected chi connectivity index (χ2v) is 7.20. The van der Waals surface area contributed by atoms with E-state index in [2.05, 4.69) is 13.0 Å². The number of nitrogens with two attached hydrogens (primary N) is 1. The first-order valence-electron chi connectivity index (χ1n) is 8.96. The van der Waals surface area contributed by atoms with E-state index in [0.717, 1.165) is 12.2 Å². The van der Waals surface area contributed by atoms with E-state index in [1.165, 1.54) is 37.7 Å². The molecule has 5 nitrogen and oxygen atoms in total. The summed E-state index contributed by atoms with van der Waals surface area (Å²) in [6, 6.07) is 8.08. The van der Waals surface area contributed by atoms with Gasteiger partial charge in [0, 0.05) is 13.5 Å². The van der Waals surface area contributed by atoms with E-state index in [1.54, 1.807) is 0 Å². The first-order chi connectivity index (χ1) is 11.6. The fourth-order valence-electron chi connectivity index (χ4n) is 3.59. The number of aliphatic imine (C=N–C) groups is 1. The van der Waals surface area contributed by atoms with Gasteiger partial charge in [-0.1, -0.05) is 44.2 Å². The number of benzene rings is 1. The van der Waals surface area contributed by atoms with Crippen LogP contribution >= 0.6 is 0 Å². The summed E-state index contributed by atoms with van der Waals surface area (Å²) in [6.45, 7) is 2.92. The highest BCUT2D eigenvalue weighted by Crippen LogP contribution is 2.35. The van der Waals surface area contributed by atoms with Gasteiger partial charge in [-0.3, -0.25) is 0 Å². The van der Waals surface area contributed by atoms with Crippen molar-refractivity contribution in [2.24, 2.45) is 16.6 Å². The Morgan fingerprint density at radius 3 is 2.83 bits per heavy atom. The molecule has 2 N–H and O–H groups in total. The quantitative estimate of drug-likeness (QED) is 0.899. The van der Waals surface area contributed by atoms with Crippen LogP contribution in [0.25, 0.3) is 0 Å². The zero-order chi connectivity index (χ0) is 17.0. The minimum atomic E-state index is -0.664. The molecule has 3 rings (SSSR count). The lowest BCUT2D eigenvalue weighted by molar-refractivity contribution is -0.118. The number of aryl methyl sites for hydroxylation is 1. The van der Waals surface area contributed by atoms with Gasteiger partial charge in [0.05, 0.1) is 0 Å². The number of guanidine groups is 1. The van der Waals surface area contributed by atoms with Gasteiger partial charge in [0.25, 0.3) is 0 Å². The van der Waals surface area contributed by atoms with E-state index in [0.29, 0.717) is 25.2 Å². The molecule has 1 aliphatic carbocycles. The molecule has 0 amide bonds. The number of hydrogen-bond donors (Lipinski definition) is 1. The molecule has 1 atom stereocenters. The van der Waals surface area contributed by atoms with Gasteiger partial charge in [0.1, 0.15) is 19.1 Å². The maximum Gasteiger partial charge on any atom is 0.198 e. The van der Waals surface area contributed by atoms with Gasteiger partial charge in [0.15, 0.2) is 11.7 Å². The van der Waals surface area contributed by atoms with Crippen molar-refractivity contribution < 1.29 is 9.47 Å². The predicted molar refractivity (Wildman–Crippen MR) is 95.9 cm³/mol. The molecule has 2 aliphatic rings. The van der Waals surface area contributed by atoms with Crippen molar-refractivity contribution >= 4 is 5.96 Å². The molecule has 1 fully saturated rings. The molecule has 0 spiro atoms. The van der Waals surface area contributed by atoms with Crippen molar-refractivity contribution in [3.8, 4) is 5.75 Å². The molecule has 1 saturated carbocycles. The Labute approximate surface area is 144 Å². The zero-order valence-electron chi connectivity index (χ0n) is 14.8. The molecule has 132 valence electrons. The van der Waals surface area contributed by atoms with Gasteiger partial charge < -0.3 is 20.1 Å². The van der Waals surface area contributed by atoms with E-state index in [9.17, 15) is 0 Å². The van der Waals surface area contributed by atoms with Crippen LogP contribution in [-0.4, -0.2) is 37.0 Å². The Hall–Kier alpha value is -1.75. The molecule has 5 heteroatoms. The lowest BCUT2D eigenvalue weighted by Crippen LogP contribution is -2.51. The summed E-state index contributed by atoms with van der Waals surface area (Å²) in [6.07, 6.45) is 7.34. The van der Waals surface area contributed by atoms with E-state index in [1.807, 2.05) is 30.1 Å². The predicted octanol–water partition coefficient (Wildman–Crippen LogP) is 3.27. The van der Waals surface area contributed by atoms with Gasteiger partial charge in [-0.2, -0.15) is 0 Å². The van der Waals surface area contributed by atoms with E-state index in [-0.39, 0.29) is 0 Å². The van der Waals surface area contributed by atoms with Crippen molar-refractivity contribution in [2.45, 2.75) is 51.2 Å². The molecular formula is C19H29N3O2. The summed E-state index contributed by atoms with van der Waals surface area (Å²) >= 11 is 0. The Morgan fingerprint density at radius 1 is 1.33 bits per heavy atom. The lowest BCUT2D eigenvalue weighted by atomic mass is 9.83. The molecule has 1 heterocycles. The Morgan fingerprint density at radius 2 is 2.12 bits per heavy atom. The Kier molecular flexibility index (Phi) is 5.29. The Bertz CT molecular complexity index is 584. The molecule has 1 aromatic rings. The third-order valence-corrected chi connectivity index (χ3v) is 5.02. The van der Waals surface area contributed by atoms with Gasteiger partial charge in [-0.15, -0.1) is 0 Å². The van der Waals surface area contributed by atoms with Crippen molar-refractivity contribution in [1.29, 1.82) is 0 Å². The second-order valence-electron chi connectivity index (χ2n) is 7.20. The molecule has 1 unspecified atom stereocenters. The number of ether oxygens (including phenoxy) is 2. The smallest absolute Gasteiger partial charge is 0.198 e. The van der Waals surface area contributed by atoms with Crippen LogP contribution in [0.15, 0.2) is 29.3 Å². The number of nitrogens with zero attached hydrogens (tertiary/aromatic N) is 2. The fraction of sp³-hybridized carbons (Fsp3) is 0.632. The molecule has 0 radical (unpaired) electrons. The highest BCUT2D eigenvalue weighted by molar-refractivity contribution is 5.78. The normalized spacial score (nSPS) is 25.4. The number of rotatable bonds is 5. The summed E-state index contributed by atoms with van der Waals surface area (Å²) in [7, 11) is 1.89. The summed E-state index contributed by atoms with van der Waals surface area (Å²) in [5.74, 6) is 2.03. The van der Waals surface area contributed by atoms with Gasteiger partial charge in [0.2, 0.25) is 0 Å². The standard InChI is InChI=1S/C19H29N3O2/c1-15-7-6-10-17(11-15)23-13-19(12-16-8-4-3-5-9-16)21-18(20)22(2)14-24-19/h6-7,10-11,16H,3-5,8-9,12-14H2,1-2H3,(H2,20,21). The fourth-order valence-corrected chi connectivity index (χ4v) is 3.59. The molecule has 0 bridgehead atoms. The summed E-state index contributed by atoms with van der Waals surface area (Å²) in [5.41, 5.74) is 6.61. The Balaban J connectivity index is 1.74. The van der Waals surface area contributed by atoms with E-state index >= 15 is 0 Å². The summed E-state index contributed by atoms with van der Waals surface area (Å²) in [5, 5.41) is 0. The average molecular weight is 331 g/mol. The van der Waals surface area contributed by atoms with E-state index in [4.69, 9.17) is 20.2 Å². The molecular weight excluding hydrogens is 302 g/mol. The SMILES string of the molecule is Cc1cccc(OCC2(CC3CCCCC3)N=C(N)N(C)CO2)c1. The number of hydrogen-bond acceptors (Lipinski definition) is 5. The topological polar surface area (TPSA) is 60.1 Å². The van der Waals surface area contributed by atoms with Gasteiger partial charge in [-0.05, 0) is 30.5 Å². The van der Waals surface area contributed by atoms with Crippen LogP contribution < -0.4 is 10.5 Å². The molecule has 1 aromatic carbocycles. The first-order valence-corrected chi connectivity index (χ1v) is 8.96. The van der Waals surface area contributed by atoms with E-state index < -0.39 is 5.72 Å². The maximum absolute atomic E-state index is 6.14. The third kappa shape index (κ3) is 4.20. The van der Waals surface area contributed by atoms with Crippen LogP contribution in [0.5, 0.6) is 5.75 Å². The monoisotopic (exact) mass is 331 g/mol. The van der Waals surface area contributed by atoms with Crippen LogP contribution in [0, 0.1) is 12.8 Å². The first kappa shape index (κ1) is 17.1. The minimum absolute atomic E-state index is 0.404. The van der Waals surface area contributed by atoms with Crippen LogP contribution in [0.1, 0.15) is 44.1 Å². The van der Waals surface area contributed by atoms with Crippen LogP contribution in [-0.2, 0) is 4.74 Å². The molecule has 1 aliphatic heterocycles. The highest BCUT2D eigenvalue weighted by atomic mass is 16.6. The van der Waals surface area contributed by atoms with Crippen LogP contribution in [0.2, 0.25) is 0 Å².